The third-order valence-electron chi connectivity index (χ3n) is 6.04. The maximum Gasteiger partial charge on any atom is 0.319 e. The molecule has 1 fully saturated rings. The maximum absolute atomic E-state index is 13.1. The predicted molar refractivity (Wildman–Crippen MR) is 131 cm³/mol. The van der Waals surface area contributed by atoms with Crippen LogP contribution < -0.4 is 16.0 Å². The Morgan fingerprint density at radius 1 is 1.03 bits per heavy atom. The van der Waals surface area contributed by atoms with Gasteiger partial charge in [-0.05, 0) is 67.5 Å². The van der Waals surface area contributed by atoms with Crippen molar-refractivity contribution in [3.05, 3.63) is 64.7 Å². The number of aryl methyl sites for hydroxylation is 1. The molecule has 1 saturated heterocycles. The van der Waals surface area contributed by atoms with Gasteiger partial charge in [0.25, 0.3) is 5.91 Å². The lowest BCUT2D eigenvalue weighted by Gasteiger charge is -2.32. The van der Waals surface area contributed by atoms with Gasteiger partial charge in [0.15, 0.2) is 0 Å². The normalized spacial score (nSPS) is 13.6. The minimum absolute atomic E-state index is 0.0444. The van der Waals surface area contributed by atoms with Crippen LogP contribution >= 0.6 is 0 Å². The molecule has 0 atom stereocenters. The molecule has 0 radical (unpaired) electrons. The molecule has 4 amide bonds. The molecule has 8 nitrogen and oxygen atoms in total. The van der Waals surface area contributed by atoms with Crippen molar-refractivity contribution >= 4 is 23.5 Å². The number of anilines is 1. The number of nitrogens with zero attached hydrogens (tertiary/aromatic N) is 2. The number of piperidine rings is 1. The van der Waals surface area contributed by atoms with Crippen LogP contribution in [0.1, 0.15) is 59.2 Å². The van der Waals surface area contributed by atoms with Gasteiger partial charge < -0.3 is 20.9 Å². The number of nitrogens with one attached hydrogen (secondary N) is 3. The topological polar surface area (TPSA) is 114 Å². The fourth-order valence-electron chi connectivity index (χ4n) is 4.04. The first-order chi connectivity index (χ1) is 16.4. The molecular formula is C26H31N5O3. The summed E-state index contributed by atoms with van der Waals surface area (Å²) in [6.45, 7) is 5.58. The number of carbonyl (C=O) groups excluding carboxylic acids is 3. The molecule has 0 aliphatic carbocycles. The number of urea groups is 1. The monoisotopic (exact) mass is 461 g/mol. The van der Waals surface area contributed by atoms with Crippen LogP contribution in [0.25, 0.3) is 0 Å². The molecule has 3 rings (SSSR count). The summed E-state index contributed by atoms with van der Waals surface area (Å²) in [6.07, 6.45) is 2.37. The van der Waals surface area contributed by atoms with Crippen molar-refractivity contribution in [3.8, 4) is 6.07 Å². The molecular weight excluding hydrogens is 430 g/mol. The third kappa shape index (κ3) is 6.82. The highest BCUT2D eigenvalue weighted by Crippen LogP contribution is 2.29. The van der Waals surface area contributed by atoms with E-state index in [0.717, 1.165) is 18.4 Å². The van der Waals surface area contributed by atoms with E-state index in [9.17, 15) is 14.4 Å². The average Bonchev–Trinajstić information content (AvgIpc) is 2.84. The van der Waals surface area contributed by atoms with Gasteiger partial charge in [0.1, 0.15) is 0 Å². The zero-order chi connectivity index (χ0) is 24.5. The van der Waals surface area contributed by atoms with Crippen molar-refractivity contribution in [1.29, 1.82) is 5.26 Å². The number of hydrogen-bond acceptors (Lipinski definition) is 4. The molecule has 0 bridgehead atoms. The summed E-state index contributed by atoms with van der Waals surface area (Å²) in [4.78, 5) is 38.1. The Labute approximate surface area is 200 Å². The summed E-state index contributed by atoms with van der Waals surface area (Å²) >= 11 is 0. The van der Waals surface area contributed by atoms with E-state index < -0.39 is 0 Å². The Kier molecular flexibility index (Phi) is 8.63. The van der Waals surface area contributed by atoms with Gasteiger partial charge >= 0.3 is 6.03 Å². The highest BCUT2D eigenvalue weighted by atomic mass is 16.2. The van der Waals surface area contributed by atoms with E-state index in [2.05, 4.69) is 22.0 Å². The minimum Gasteiger partial charge on any atom is -0.356 e. The Hall–Kier alpha value is -3.86. The van der Waals surface area contributed by atoms with Crippen molar-refractivity contribution < 1.29 is 14.4 Å². The molecule has 2 aromatic carbocycles. The van der Waals surface area contributed by atoms with Gasteiger partial charge in [0.05, 0.1) is 11.6 Å². The molecule has 1 heterocycles. The van der Waals surface area contributed by atoms with E-state index in [1.54, 1.807) is 12.1 Å². The number of benzene rings is 2. The van der Waals surface area contributed by atoms with Crippen LogP contribution in [-0.4, -0.2) is 48.9 Å². The van der Waals surface area contributed by atoms with Crippen LogP contribution in [0.2, 0.25) is 0 Å². The summed E-state index contributed by atoms with van der Waals surface area (Å²) in [7, 11) is 0. The fraction of sp³-hybridized carbons (Fsp3) is 0.385. The van der Waals surface area contributed by atoms with Crippen molar-refractivity contribution in [2.24, 2.45) is 0 Å². The SMILES string of the molecule is CC(=O)NCCCNC(=O)Nc1cc(C(=O)N2CCC(c3ccc(C#N)cc3)CC2)ccc1C. The van der Waals surface area contributed by atoms with Gasteiger partial charge in [-0.1, -0.05) is 18.2 Å². The molecule has 0 spiro atoms. The number of rotatable bonds is 7. The standard InChI is InChI=1S/C26H31N5O3/c1-18-4-7-23(16-24(18)30-26(34)29-13-3-12-28-19(2)32)25(33)31-14-10-22(11-15-31)21-8-5-20(17-27)6-9-21/h4-9,16,22H,3,10-15H2,1-2H3,(H,28,32)(H2,29,30,34). The molecule has 1 aliphatic rings. The second kappa shape index (κ2) is 11.8. The first kappa shape index (κ1) is 24.8. The molecule has 0 aromatic heterocycles. The van der Waals surface area contributed by atoms with Crippen LogP contribution in [-0.2, 0) is 4.79 Å². The van der Waals surface area contributed by atoms with Crippen molar-refractivity contribution in [1.82, 2.24) is 15.5 Å². The Morgan fingerprint density at radius 2 is 1.71 bits per heavy atom. The molecule has 0 unspecified atom stereocenters. The highest BCUT2D eigenvalue weighted by Gasteiger charge is 2.25. The lowest BCUT2D eigenvalue weighted by atomic mass is 9.89. The van der Waals surface area contributed by atoms with Crippen LogP contribution in [0, 0.1) is 18.3 Å². The minimum atomic E-state index is -0.348. The zero-order valence-electron chi connectivity index (χ0n) is 19.7. The largest absolute Gasteiger partial charge is 0.356 e. The zero-order valence-corrected chi connectivity index (χ0v) is 19.7. The fourth-order valence-corrected chi connectivity index (χ4v) is 4.04. The van der Waals surface area contributed by atoms with Gasteiger partial charge in [-0.2, -0.15) is 5.26 Å². The number of carbonyl (C=O) groups is 3. The Bertz CT molecular complexity index is 1070. The second-order valence-corrected chi connectivity index (χ2v) is 8.55. The summed E-state index contributed by atoms with van der Waals surface area (Å²) in [5.41, 5.74) is 3.86. The molecule has 8 heteroatoms. The van der Waals surface area contributed by atoms with E-state index >= 15 is 0 Å². The summed E-state index contributed by atoms with van der Waals surface area (Å²) in [6, 6.07) is 14.8. The van der Waals surface area contributed by atoms with E-state index in [-0.39, 0.29) is 17.8 Å². The van der Waals surface area contributed by atoms with Crippen LogP contribution in [0.15, 0.2) is 42.5 Å². The van der Waals surface area contributed by atoms with Crippen molar-refractivity contribution in [3.63, 3.8) is 0 Å². The van der Waals surface area contributed by atoms with Gasteiger partial charge in [0, 0.05) is 44.4 Å². The Morgan fingerprint density at radius 3 is 2.35 bits per heavy atom. The number of nitriles is 1. The van der Waals surface area contributed by atoms with E-state index in [0.29, 0.717) is 55.3 Å². The number of amides is 4. The van der Waals surface area contributed by atoms with E-state index in [1.165, 1.54) is 12.5 Å². The lowest BCUT2D eigenvalue weighted by Crippen LogP contribution is -2.38. The average molecular weight is 462 g/mol. The van der Waals surface area contributed by atoms with Crippen molar-refractivity contribution in [2.45, 2.75) is 39.0 Å². The molecule has 34 heavy (non-hydrogen) atoms. The summed E-state index contributed by atoms with van der Waals surface area (Å²) in [5, 5.41) is 17.2. The van der Waals surface area contributed by atoms with Crippen LogP contribution in [0.3, 0.4) is 0 Å². The number of likely N-dealkylation sites (tertiary alicyclic amines) is 1. The van der Waals surface area contributed by atoms with Gasteiger partial charge in [-0.25, -0.2) is 4.79 Å². The maximum atomic E-state index is 13.1. The van der Waals surface area contributed by atoms with E-state index in [1.807, 2.05) is 42.2 Å². The summed E-state index contributed by atoms with van der Waals surface area (Å²) < 4.78 is 0. The quantitative estimate of drug-likeness (QED) is 0.547. The highest BCUT2D eigenvalue weighted by molar-refractivity contribution is 5.97. The van der Waals surface area contributed by atoms with Crippen LogP contribution in [0.5, 0.6) is 0 Å². The van der Waals surface area contributed by atoms with Crippen LogP contribution in [0.4, 0.5) is 10.5 Å². The molecule has 178 valence electrons. The summed E-state index contributed by atoms with van der Waals surface area (Å²) in [5.74, 6) is 0.235. The number of hydrogen-bond donors (Lipinski definition) is 3. The Balaban J connectivity index is 1.53. The lowest BCUT2D eigenvalue weighted by molar-refractivity contribution is -0.118. The second-order valence-electron chi connectivity index (χ2n) is 8.55. The smallest absolute Gasteiger partial charge is 0.319 e. The van der Waals surface area contributed by atoms with Gasteiger partial charge in [-0.3, -0.25) is 9.59 Å². The first-order valence-electron chi connectivity index (χ1n) is 11.6. The van der Waals surface area contributed by atoms with E-state index in [4.69, 9.17) is 5.26 Å². The predicted octanol–water partition coefficient (Wildman–Crippen LogP) is 3.53. The van der Waals surface area contributed by atoms with Gasteiger partial charge in [0.2, 0.25) is 5.91 Å². The first-order valence-corrected chi connectivity index (χ1v) is 11.6. The van der Waals surface area contributed by atoms with Crippen molar-refractivity contribution in [2.75, 3.05) is 31.5 Å². The third-order valence-corrected chi connectivity index (χ3v) is 6.04. The molecule has 3 N–H and O–H groups in total. The molecule has 0 saturated carbocycles. The molecule has 2 aromatic rings. The molecule has 1 aliphatic heterocycles. The van der Waals surface area contributed by atoms with Gasteiger partial charge in [-0.15, -0.1) is 0 Å².